The molecule has 1 rings (SSSR count). The summed E-state index contributed by atoms with van der Waals surface area (Å²) in [6.07, 6.45) is 1.75. The van der Waals surface area contributed by atoms with Crippen molar-refractivity contribution in [3.8, 4) is 0 Å². The standard InChI is InChI=1S/C12H23NO3/c1-10(2)12(11(14)15)5-7-13(9-12)6-4-8-16-3/h10H,4-9H2,1-3H3,(H,14,15). The predicted octanol–water partition coefficient (Wildman–Crippen LogP) is 1.46. The van der Waals surface area contributed by atoms with Gasteiger partial charge in [-0.05, 0) is 25.3 Å². The SMILES string of the molecule is COCCCN1CCC(C(=O)O)(C(C)C)C1. The molecule has 1 aliphatic heterocycles. The molecule has 0 bridgehead atoms. The summed E-state index contributed by atoms with van der Waals surface area (Å²) in [5.74, 6) is -0.450. The first-order valence-corrected chi connectivity index (χ1v) is 5.97. The van der Waals surface area contributed by atoms with Crippen LogP contribution in [0.4, 0.5) is 0 Å². The highest BCUT2D eigenvalue weighted by molar-refractivity contribution is 5.75. The van der Waals surface area contributed by atoms with E-state index in [0.717, 1.165) is 32.5 Å². The smallest absolute Gasteiger partial charge is 0.311 e. The number of hydrogen-bond acceptors (Lipinski definition) is 3. The van der Waals surface area contributed by atoms with E-state index in [0.29, 0.717) is 6.54 Å². The maximum Gasteiger partial charge on any atom is 0.311 e. The minimum Gasteiger partial charge on any atom is -0.481 e. The molecule has 0 aromatic heterocycles. The van der Waals surface area contributed by atoms with Gasteiger partial charge in [-0.25, -0.2) is 0 Å². The summed E-state index contributed by atoms with van der Waals surface area (Å²) in [7, 11) is 1.69. The molecular weight excluding hydrogens is 206 g/mol. The van der Waals surface area contributed by atoms with E-state index in [-0.39, 0.29) is 5.92 Å². The molecule has 0 amide bonds. The van der Waals surface area contributed by atoms with Crippen LogP contribution in [0.1, 0.15) is 26.7 Å². The van der Waals surface area contributed by atoms with Crippen LogP contribution in [0.2, 0.25) is 0 Å². The average molecular weight is 229 g/mol. The maximum absolute atomic E-state index is 11.4. The van der Waals surface area contributed by atoms with Gasteiger partial charge in [0.15, 0.2) is 0 Å². The zero-order valence-electron chi connectivity index (χ0n) is 10.5. The van der Waals surface area contributed by atoms with Crippen molar-refractivity contribution in [2.24, 2.45) is 11.3 Å². The zero-order chi connectivity index (χ0) is 12.2. The summed E-state index contributed by atoms with van der Waals surface area (Å²) >= 11 is 0. The molecule has 1 atom stereocenters. The van der Waals surface area contributed by atoms with E-state index in [4.69, 9.17) is 4.74 Å². The highest BCUT2D eigenvalue weighted by Crippen LogP contribution is 2.38. The fourth-order valence-electron chi connectivity index (χ4n) is 2.43. The quantitative estimate of drug-likeness (QED) is 0.700. The fraction of sp³-hybridized carbons (Fsp3) is 0.917. The number of ether oxygens (including phenoxy) is 1. The first-order chi connectivity index (χ1) is 7.53. The Bertz CT molecular complexity index is 242. The predicted molar refractivity (Wildman–Crippen MR) is 62.5 cm³/mol. The molecule has 1 saturated heterocycles. The lowest BCUT2D eigenvalue weighted by atomic mass is 9.76. The second kappa shape index (κ2) is 5.64. The van der Waals surface area contributed by atoms with E-state index in [1.165, 1.54) is 0 Å². The molecule has 0 aliphatic carbocycles. The molecule has 1 aliphatic rings. The molecule has 1 N–H and O–H groups in total. The first kappa shape index (κ1) is 13.5. The lowest BCUT2D eigenvalue weighted by Crippen LogP contribution is -2.39. The van der Waals surface area contributed by atoms with E-state index in [2.05, 4.69) is 4.90 Å². The van der Waals surface area contributed by atoms with Crippen molar-refractivity contribution in [1.82, 2.24) is 4.90 Å². The van der Waals surface area contributed by atoms with Gasteiger partial charge in [-0.3, -0.25) is 4.79 Å². The molecule has 0 saturated carbocycles. The van der Waals surface area contributed by atoms with Crippen LogP contribution >= 0.6 is 0 Å². The van der Waals surface area contributed by atoms with Crippen LogP contribution in [0.3, 0.4) is 0 Å². The van der Waals surface area contributed by atoms with Gasteiger partial charge >= 0.3 is 5.97 Å². The van der Waals surface area contributed by atoms with Crippen LogP contribution in [0.5, 0.6) is 0 Å². The van der Waals surface area contributed by atoms with Gasteiger partial charge in [0.05, 0.1) is 5.41 Å². The second-order valence-corrected chi connectivity index (χ2v) is 4.99. The summed E-state index contributed by atoms with van der Waals surface area (Å²) < 4.78 is 5.01. The molecule has 4 heteroatoms. The van der Waals surface area contributed by atoms with Gasteiger partial charge in [-0.1, -0.05) is 13.8 Å². The van der Waals surface area contributed by atoms with Gasteiger partial charge in [-0.15, -0.1) is 0 Å². The summed E-state index contributed by atoms with van der Waals surface area (Å²) in [5, 5.41) is 9.37. The van der Waals surface area contributed by atoms with E-state index in [1.807, 2.05) is 13.8 Å². The highest BCUT2D eigenvalue weighted by atomic mass is 16.5. The molecular formula is C12H23NO3. The number of rotatable bonds is 6. The van der Waals surface area contributed by atoms with Gasteiger partial charge < -0.3 is 14.7 Å². The van der Waals surface area contributed by atoms with Crippen LogP contribution in [0.15, 0.2) is 0 Å². The van der Waals surface area contributed by atoms with Crippen molar-refractivity contribution >= 4 is 5.97 Å². The van der Waals surface area contributed by atoms with Gasteiger partial charge in [0, 0.05) is 26.8 Å². The molecule has 0 aromatic carbocycles. The van der Waals surface area contributed by atoms with E-state index in [9.17, 15) is 9.90 Å². The van der Waals surface area contributed by atoms with E-state index < -0.39 is 11.4 Å². The topological polar surface area (TPSA) is 49.8 Å². The lowest BCUT2D eigenvalue weighted by molar-refractivity contribution is -0.151. The van der Waals surface area contributed by atoms with Crippen LogP contribution < -0.4 is 0 Å². The van der Waals surface area contributed by atoms with Crippen molar-refractivity contribution in [2.75, 3.05) is 33.4 Å². The Morgan fingerprint density at radius 1 is 1.56 bits per heavy atom. The molecule has 1 unspecified atom stereocenters. The molecule has 0 aromatic rings. The Balaban J connectivity index is 2.51. The highest BCUT2D eigenvalue weighted by Gasteiger charge is 2.46. The monoisotopic (exact) mass is 229 g/mol. The van der Waals surface area contributed by atoms with E-state index in [1.54, 1.807) is 7.11 Å². The van der Waals surface area contributed by atoms with Crippen LogP contribution in [-0.4, -0.2) is 49.3 Å². The third-order valence-corrected chi connectivity index (χ3v) is 3.73. The number of methoxy groups -OCH3 is 1. The van der Waals surface area contributed by atoms with Gasteiger partial charge in [0.2, 0.25) is 0 Å². The Hall–Kier alpha value is -0.610. The number of hydrogen-bond donors (Lipinski definition) is 1. The first-order valence-electron chi connectivity index (χ1n) is 5.97. The minimum absolute atomic E-state index is 0.192. The van der Waals surface area contributed by atoms with E-state index >= 15 is 0 Å². The summed E-state index contributed by atoms with van der Waals surface area (Å²) in [4.78, 5) is 13.6. The number of carboxylic acid groups (broad SMARTS) is 1. The normalized spacial score (nSPS) is 26.5. The number of nitrogens with zero attached hydrogens (tertiary/aromatic N) is 1. The molecule has 94 valence electrons. The largest absolute Gasteiger partial charge is 0.481 e. The Labute approximate surface area is 97.6 Å². The molecule has 1 heterocycles. The molecule has 0 radical (unpaired) electrons. The van der Waals surface area contributed by atoms with Crippen LogP contribution in [0.25, 0.3) is 0 Å². The van der Waals surface area contributed by atoms with Gasteiger partial charge in [-0.2, -0.15) is 0 Å². The molecule has 1 fully saturated rings. The second-order valence-electron chi connectivity index (χ2n) is 4.99. The minimum atomic E-state index is -0.642. The van der Waals surface area contributed by atoms with Gasteiger partial charge in [0.25, 0.3) is 0 Å². The maximum atomic E-state index is 11.4. The number of carboxylic acids is 1. The fourth-order valence-corrected chi connectivity index (χ4v) is 2.43. The number of likely N-dealkylation sites (tertiary alicyclic amines) is 1. The van der Waals surface area contributed by atoms with Crippen molar-refractivity contribution in [1.29, 1.82) is 0 Å². The van der Waals surface area contributed by atoms with Crippen molar-refractivity contribution in [3.63, 3.8) is 0 Å². The van der Waals surface area contributed by atoms with Crippen LogP contribution in [-0.2, 0) is 9.53 Å². The number of carbonyl (C=O) groups is 1. The molecule has 4 nitrogen and oxygen atoms in total. The summed E-state index contributed by atoms with van der Waals surface area (Å²) in [5.41, 5.74) is -0.535. The van der Waals surface area contributed by atoms with Crippen molar-refractivity contribution in [2.45, 2.75) is 26.7 Å². The zero-order valence-corrected chi connectivity index (χ0v) is 10.5. The van der Waals surface area contributed by atoms with Gasteiger partial charge in [0.1, 0.15) is 0 Å². The third-order valence-electron chi connectivity index (χ3n) is 3.73. The van der Waals surface area contributed by atoms with Crippen molar-refractivity contribution in [3.05, 3.63) is 0 Å². The summed E-state index contributed by atoms with van der Waals surface area (Å²) in [6.45, 7) is 7.28. The average Bonchev–Trinajstić information content (AvgIpc) is 2.64. The molecule has 16 heavy (non-hydrogen) atoms. The number of aliphatic carboxylic acids is 1. The molecule has 0 spiro atoms. The summed E-state index contributed by atoms with van der Waals surface area (Å²) in [6, 6.07) is 0. The van der Waals surface area contributed by atoms with Crippen LogP contribution in [0, 0.1) is 11.3 Å². The Kier molecular flexibility index (Phi) is 4.74. The van der Waals surface area contributed by atoms with Crippen molar-refractivity contribution < 1.29 is 14.6 Å². The Morgan fingerprint density at radius 3 is 2.69 bits per heavy atom. The Morgan fingerprint density at radius 2 is 2.25 bits per heavy atom. The lowest BCUT2D eigenvalue weighted by Gasteiger charge is -2.28. The third kappa shape index (κ3) is 2.74.